The van der Waals surface area contributed by atoms with Gasteiger partial charge in [0.15, 0.2) is 0 Å². The summed E-state index contributed by atoms with van der Waals surface area (Å²) < 4.78 is 1.09. The predicted octanol–water partition coefficient (Wildman–Crippen LogP) is 4.58. The number of nitrogens with one attached hydrogen (secondary N) is 1. The fourth-order valence-electron chi connectivity index (χ4n) is 1.95. The smallest absolute Gasteiger partial charge is 0.106 e. The second-order valence-corrected chi connectivity index (χ2v) is 5.56. The van der Waals surface area contributed by atoms with Crippen molar-refractivity contribution in [2.75, 3.05) is 11.1 Å². The number of benzene rings is 2. The Bertz CT molecular complexity index is 752. The summed E-state index contributed by atoms with van der Waals surface area (Å²) in [4.78, 5) is 4.29. The molecule has 0 saturated heterocycles. The van der Waals surface area contributed by atoms with Crippen LogP contribution in [0.4, 0.5) is 17.1 Å². The van der Waals surface area contributed by atoms with Crippen molar-refractivity contribution < 1.29 is 0 Å². The maximum Gasteiger partial charge on any atom is 0.106 e. The zero-order chi connectivity index (χ0) is 13.4. The molecule has 0 radical (unpaired) electrons. The highest BCUT2D eigenvalue weighted by Crippen LogP contribution is 2.33. The molecule has 0 fully saturated rings. The second kappa shape index (κ2) is 4.72. The molecule has 0 aliphatic heterocycles. The molecule has 3 rings (SSSR count). The van der Waals surface area contributed by atoms with Crippen molar-refractivity contribution in [3.63, 3.8) is 0 Å². The highest BCUT2D eigenvalue weighted by Gasteiger charge is 2.08. The van der Waals surface area contributed by atoms with E-state index >= 15 is 0 Å². The normalized spacial score (nSPS) is 10.8. The minimum atomic E-state index is 0.665. The summed E-state index contributed by atoms with van der Waals surface area (Å²) in [6.07, 6.45) is 0. The Morgan fingerprint density at radius 1 is 1.21 bits per heavy atom. The first-order chi connectivity index (χ1) is 9.16. The molecule has 2 aromatic carbocycles. The van der Waals surface area contributed by atoms with Crippen LogP contribution in [0.2, 0.25) is 5.02 Å². The van der Waals surface area contributed by atoms with Crippen molar-refractivity contribution >= 4 is 50.2 Å². The standard InChI is InChI=1S/C14H12ClN3S/c1-8-9(15)3-2-4-10(8)18-11-5-6-12-14(13(11)16)17-7-19-12/h2-7,18H,16H2,1H3. The molecule has 96 valence electrons. The molecule has 1 heterocycles. The second-order valence-electron chi connectivity index (χ2n) is 4.26. The van der Waals surface area contributed by atoms with Crippen LogP contribution in [-0.2, 0) is 0 Å². The van der Waals surface area contributed by atoms with Gasteiger partial charge in [0, 0.05) is 10.7 Å². The topological polar surface area (TPSA) is 50.9 Å². The van der Waals surface area contributed by atoms with Crippen molar-refractivity contribution in [3.05, 3.63) is 46.4 Å². The number of hydrogen-bond donors (Lipinski definition) is 2. The highest BCUT2D eigenvalue weighted by atomic mass is 35.5. The van der Waals surface area contributed by atoms with E-state index in [-0.39, 0.29) is 0 Å². The maximum absolute atomic E-state index is 6.15. The molecule has 0 aliphatic carbocycles. The zero-order valence-corrected chi connectivity index (χ0v) is 11.8. The maximum atomic E-state index is 6.15. The molecule has 3 nitrogen and oxygen atoms in total. The number of nitrogens with zero attached hydrogens (tertiary/aromatic N) is 1. The van der Waals surface area contributed by atoms with Gasteiger partial charge in [0.2, 0.25) is 0 Å². The number of anilines is 3. The lowest BCUT2D eigenvalue weighted by Crippen LogP contribution is -1.98. The van der Waals surface area contributed by atoms with Gasteiger partial charge in [-0.3, -0.25) is 0 Å². The van der Waals surface area contributed by atoms with Crippen molar-refractivity contribution in [1.82, 2.24) is 4.98 Å². The third-order valence-corrected chi connectivity index (χ3v) is 4.28. The summed E-state index contributed by atoms with van der Waals surface area (Å²) >= 11 is 7.70. The molecule has 3 aromatic rings. The molecule has 0 saturated carbocycles. The molecule has 3 N–H and O–H groups in total. The van der Waals surface area contributed by atoms with Gasteiger partial charge in [-0.05, 0) is 36.8 Å². The third kappa shape index (κ3) is 2.13. The highest BCUT2D eigenvalue weighted by molar-refractivity contribution is 7.16. The van der Waals surface area contributed by atoms with Crippen molar-refractivity contribution in [2.45, 2.75) is 6.92 Å². The molecular formula is C14H12ClN3S. The summed E-state index contributed by atoms with van der Waals surface area (Å²) in [7, 11) is 0. The molecule has 0 bridgehead atoms. The molecule has 0 aliphatic rings. The predicted molar refractivity (Wildman–Crippen MR) is 83.5 cm³/mol. The SMILES string of the molecule is Cc1c(Cl)cccc1Nc1ccc2scnc2c1N. The first kappa shape index (κ1) is 12.3. The van der Waals surface area contributed by atoms with E-state index in [0.29, 0.717) is 5.69 Å². The van der Waals surface area contributed by atoms with Crippen molar-refractivity contribution in [3.8, 4) is 0 Å². The number of rotatable bonds is 2. The van der Waals surface area contributed by atoms with Gasteiger partial charge in [0.25, 0.3) is 0 Å². The van der Waals surface area contributed by atoms with E-state index in [2.05, 4.69) is 10.3 Å². The van der Waals surface area contributed by atoms with Gasteiger partial charge in [-0.15, -0.1) is 11.3 Å². The lowest BCUT2D eigenvalue weighted by molar-refractivity contribution is 1.43. The number of nitrogen functional groups attached to an aromatic ring is 1. The van der Waals surface area contributed by atoms with E-state index in [9.17, 15) is 0 Å². The Hall–Kier alpha value is -1.78. The Morgan fingerprint density at radius 2 is 2.05 bits per heavy atom. The van der Waals surface area contributed by atoms with Crippen LogP contribution in [-0.4, -0.2) is 4.98 Å². The van der Waals surface area contributed by atoms with Crippen LogP contribution in [0.5, 0.6) is 0 Å². The van der Waals surface area contributed by atoms with Crippen LogP contribution in [0, 0.1) is 6.92 Å². The first-order valence-corrected chi connectivity index (χ1v) is 7.06. The van der Waals surface area contributed by atoms with Gasteiger partial charge in [0.1, 0.15) is 5.52 Å². The quantitative estimate of drug-likeness (QED) is 0.679. The van der Waals surface area contributed by atoms with Crippen LogP contribution in [0.15, 0.2) is 35.8 Å². The van der Waals surface area contributed by atoms with Gasteiger partial charge >= 0.3 is 0 Å². The number of hydrogen-bond acceptors (Lipinski definition) is 4. The summed E-state index contributed by atoms with van der Waals surface area (Å²) in [5.74, 6) is 0. The minimum Gasteiger partial charge on any atom is -0.395 e. The largest absolute Gasteiger partial charge is 0.395 e. The molecule has 5 heteroatoms. The molecule has 0 unspecified atom stereocenters. The summed E-state index contributed by atoms with van der Waals surface area (Å²) in [5, 5.41) is 4.05. The summed E-state index contributed by atoms with van der Waals surface area (Å²) in [5.41, 5.74) is 12.3. The van der Waals surface area contributed by atoms with E-state index < -0.39 is 0 Å². The summed E-state index contributed by atoms with van der Waals surface area (Å²) in [6, 6.07) is 9.75. The van der Waals surface area contributed by atoms with Crippen molar-refractivity contribution in [2.24, 2.45) is 0 Å². The fraction of sp³-hybridized carbons (Fsp3) is 0.0714. The average molecular weight is 290 g/mol. The fourth-order valence-corrected chi connectivity index (χ4v) is 2.82. The molecule has 0 spiro atoms. The van der Waals surface area contributed by atoms with Gasteiger partial charge in [-0.25, -0.2) is 4.98 Å². The number of fused-ring (bicyclic) bond motifs is 1. The Labute approximate surface area is 120 Å². The molecule has 0 amide bonds. The Kier molecular flexibility index (Phi) is 3.05. The molecular weight excluding hydrogens is 278 g/mol. The molecule has 19 heavy (non-hydrogen) atoms. The third-order valence-electron chi connectivity index (χ3n) is 3.08. The van der Waals surface area contributed by atoms with E-state index in [1.165, 1.54) is 0 Å². The van der Waals surface area contributed by atoms with E-state index in [4.69, 9.17) is 17.3 Å². The number of aromatic nitrogens is 1. The van der Waals surface area contributed by atoms with Crippen LogP contribution in [0.25, 0.3) is 10.2 Å². The Morgan fingerprint density at radius 3 is 2.89 bits per heavy atom. The lowest BCUT2D eigenvalue weighted by Gasteiger charge is -2.12. The van der Waals surface area contributed by atoms with Gasteiger partial charge < -0.3 is 11.1 Å². The first-order valence-electron chi connectivity index (χ1n) is 5.80. The minimum absolute atomic E-state index is 0.665. The van der Waals surface area contributed by atoms with Gasteiger partial charge in [0.05, 0.1) is 21.6 Å². The zero-order valence-electron chi connectivity index (χ0n) is 10.3. The van der Waals surface area contributed by atoms with Gasteiger partial charge in [-0.1, -0.05) is 17.7 Å². The van der Waals surface area contributed by atoms with E-state index in [0.717, 1.165) is 32.2 Å². The van der Waals surface area contributed by atoms with Gasteiger partial charge in [-0.2, -0.15) is 0 Å². The van der Waals surface area contributed by atoms with Crippen molar-refractivity contribution in [1.29, 1.82) is 0 Å². The number of thiazole rings is 1. The van der Waals surface area contributed by atoms with E-state index in [1.54, 1.807) is 16.8 Å². The van der Waals surface area contributed by atoms with Crippen LogP contribution in [0.1, 0.15) is 5.56 Å². The van der Waals surface area contributed by atoms with E-state index in [1.807, 2.05) is 37.3 Å². The average Bonchev–Trinajstić information content (AvgIpc) is 2.87. The van der Waals surface area contributed by atoms with Crippen LogP contribution >= 0.6 is 22.9 Å². The summed E-state index contributed by atoms with van der Waals surface area (Å²) in [6.45, 7) is 1.97. The Balaban J connectivity index is 2.05. The lowest BCUT2D eigenvalue weighted by atomic mass is 10.1. The van der Waals surface area contributed by atoms with Crippen LogP contribution in [0.3, 0.4) is 0 Å². The monoisotopic (exact) mass is 289 g/mol. The number of nitrogens with two attached hydrogens (primary N) is 1. The number of halogens is 1. The molecule has 0 atom stereocenters. The van der Waals surface area contributed by atoms with Crippen LogP contribution < -0.4 is 11.1 Å². The molecule has 1 aromatic heterocycles.